The minimum Gasteiger partial charge on any atom is -0.454 e. The molecule has 0 spiro atoms. The molecule has 0 atom stereocenters. The van der Waals surface area contributed by atoms with Gasteiger partial charge in [-0.05, 0) is 49.1 Å². The lowest BCUT2D eigenvalue weighted by Crippen LogP contribution is -2.20. The molecule has 2 aromatic carbocycles. The highest BCUT2D eigenvalue weighted by Crippen LogP contribution is 2.47. The number of aromatic nitrogens is 3. The molecule has 2 heterocycles. The Labute approximate surface area is 202 Å². The number of rotatable bonds is 6. The number of nitrogen functional groups attached to an aromatic ring is 1. The van der Waals surface area contributed by atoms with E-state index in [-0.39, 0.29) is 23.0 Å². The van der Waals surface area contributed by atoms with Crippen molar-refractivity contribution in [2.24, 2.45) is 0 Å². The van der Waals surface area contributed by atoms with Crippen LogP contribution in [0.5, 0.6) is 11.5 Å². The van der Waals surface area contributed by atoms with Crippen LogP contribution in [-0.4, -0.2) is 20.7 Å². The smallest absolute Gasteiger partial charge is 0.434 e. The van der Waals surface area contributed by atoms with Crippen LogP contribution in [0.15, 0.2) is 67.0 Å². The molecule has 3 N–H and O–H groups in total. The van der Waals surface area contributed by atoms with Crippen LogP contribution in [0.25, 0.3) is 5.69 Å². The molecule has 36 heavy (non-hydrogen) atoms. The highest BCUT2D eigenvalue weighted by molar-refractivity contribution is 6.05. The van der Waals surface area contributed by atoms with E-state index in [0.717, 1.165) is 25.1 Å². The van der Waals surface area contributed by atoms with Gasteiger partial charge in [-0.1, -0.05) is 18.2 Å². The summed E-state index contributed by atoms with van der Waals surface area (Å²) in [4.78, 5) is 16.8. The van der Waals surface area contributed by atoms with Crippen LogP contribution in [0.3, 0.4) is 0 Å². The Balaban J connectivity index is 1.39. The summed E-state index contributed by atoms with van der Waals surface area (Å²) in [7, 11) is 0. The Morgan fingerprint density at radius 2 is 1.83 bits per heavy atom. The first kappa shape index (κ1) is 23.3. The molecular formula is C25H19F4N5O2. The van der Waals surface area contributed by atoms with Crippen molar-refractivity contribution in [2.45, 2.75) is 24.9 Å². The highest BCUT2D eigenvalue weighted by atomic mass is 19.4. The van der Waals surface area contributed by atoms with Gasteiger partial charge in [0.2, 0.25) is 0 Å². The number of benzene rings is 2. The summed E-state index contributed by atoms with van der Waals surface area (Å²) in [6.45, 7) is 0. The van der Waals surface area contributed by atoms with E-state index in [1.165, 1.54) is 30.5 Å². The van der Waals surface area contributed by atoms with Gasteiger partial charge in [-0.15, -0.1) is 0 Å². The molecule has 4 aromatic rings. The molecule has 5 rings (SSSR count). The molecule has 0 aliphatic heterocycles. The van der Waals surface area contributed by atoms with Gasteiger partial charge >= 0.3 is 6.18 Å². The number of nitrogens with one attached hydrogen (secondary N) is 1. The van der Waals surface area contributed by atoms with Gasteiger partial charge in [-0.2, -0.15) is 18.3 Å². The standard InChI is InChI=1S/C25H19F4N5O2/c26-18-12-15(8-9-19(18)36-20-10-11-31-23(30)21(20)14-6-7-14)33-24(35)17-13-32-34(22(17)25(27,28)29)16-4-2-1-3-5-16/h1-5,8-14H,6-7H2,(H2,30,31)(H,33,35). The van der Waals surface area contributed by atoms with Crippen molar-refractivity contribution in [2.75, 3.05) is 11.1 Å². The summed E-state index contributed by atoms with van der Waals surface area (Å²) in [5, 5.41) is 6.05. The Kier molecular flexibility index (Phi) is 5.83. The predicted octanol–water partition coefficient (Wildman–Crippen LogP) is 5.93. The molecule has 1 amide bonds. The number of carbonyl (C=O) groups is 1. The van der Waals surface area contributed by atoms with Crippen LogP contribution in [0.2, 0.25) is 0 Å². The zero-order valence-electron chi connectivity index (χ0n) is 18.6. The van der Waals surface area contributed by atoms with E-state index < -0.39 is 29.2 Å². The third-order valence-corrected chi connectivity index (χ3v) is 5.66. The number of anilines is 2. The average molecular weight is 497 g/mol. The van der Waals surface area contributed by atoms with Crippen molar-refractivity contribution in [3.05, 3.63) is 89.6 Å². The number of nitrogens with two attached hydrogens (primary N) is 1. The molecule has 1 aliphatic rings. The van der Waals surface area contributed by atoms with E-state index in [9.17, 15) is 22.4 Å². The Hall–Kier alpha value is -4.41. The Morgan fingerprint density at radius 1 is 1.08 bits per heavy atom. The van der Waals surface area contributed by atoms with Gasteiger partial charge in [0.25, 0.3) is 5.91 Å². The third kappa shape index (κ3) is 4.59. The molecule has 2 aromatic heterocycles. The van der Waals surface area contributed by atoms with Gasteiger partial charge in [0.1, 0.15) is 11.6 Å². The van der Waals surface area contributed by atoms with Crippen molar-refractivity contribution in [3.8, 4) is 17.2 Å². The van der Waals surface area contributed by atoms with Crippen molar-refractivity contribution in [1.82, 2.24) is 14.8 Å². The topological polar surface area (TPSA) is 95.1 Å². The van der Waals surface area contributed by atoms with Crippen molar-refractivity contribution in [3.63, 3.8) is 0 Å². The van der Waals surface area contributed by atoms with Crippen LogP contribution in [0.1, 0.15) is 40.4 Å². The summed E-state index contributed by atoms with van der Waals surface area (Å²) in [5.74, 6) is -1.14. The average Bonchev–Trinajstić information content (AvgIpc) is 3.56. The lowest BCUT2D eigenvalue weighted by Gasteiger charge is -2.14. The fraction of sp³-hybridized carbons (Fsp3) is 0.160. The van der Waals surface area contributed by atoms with E-state index in [1.54, 1.807) is 24.3 Å². The predicted molar refractivity (Wildman–Crippen MR) is 124 cm³/mol. The molecule has 0 radical (unpaired) electrons. The quantitative estimate of drug-likeness (QED) is 0.322. The third-order valence-electron chi connectivity index (χ3n) is 5.66. The molecule has 7 nitrogen and oxygen atoms in total. The van der Waals surface area contributed by atoms with Crippen molar-refractivity contribution < 1.29 is 27.1 Å². The van der Waals surface area contributed by atoms with E-state index in [1.807, 2.05) is 0 Å². The normalized spacial score (nSPS) is 13.4. The van der Waals surface area contributed by atoms with Crippen LogP contribution < -0.4 is 15.8 Å². The number of para-hydroxylation sites is 1. The summed E-state index contributed by atoms with van der Waals surface area (Å²) in [6.07, 6.45) is -0.725. The van der Waals surface area contributed by atoms with Crippen molar-refractivity contribution >= 4 is 17.4 Å². The van der Waals surface area contributed by atoms with Crippen LogP contribution in [0.4, 0.5) is 29.1 Å². The van der Waals surface area contributed by atoms with Crippen LogP contribution >= 0.6 is 0 Å². The minimum atomic E-state index is -4.87. The summed E-state index contributed by atoms with van der Waals surface area (Å²) < 4.78 is 62.7. The maximum absolute atomic E-state index is 14.8. The molecule has 11 heteroatoms. The molecular weight excluding hydrogens is 478 g/mol. The maximum atomic E-state index is 14.8. The van der Waals surface area contributed by atoms with Crippen LogP contribution in [0, 0.1) is 5.82 Å². The summed E-state index contributed by atoms with van der Waals surface area (Å²) in [6, 6.07) is 12.8. The van der Waals surface area contributed by atoms with Gasteiger partial charge in [0.15, 0.2) is 17.3 Å². The van der Waals surface area contributed by atoms with Crippen molar-refractivity contribution in [1.29, 1.82) is 0 Å². The number of carbonyl (C=O) groups excluding carboxylic acids is 1. The first-order valence-corrected chi connectivity index (χ1v) is 11.0. The Bertz CT molecular complexity index is 1430. The number of hydrogen-bond acceptors (Lipinski definition) is 5. The highest BCUT2D eigenvalue weighted by Gasteiger charge is 2.40. The van der Waals surface area contributed by atoms with E-state index in [4.69, 9.17) is 10.5 Å². The fourth-order valence-electron chi connectivity index (χ4n) is 3.87. The second kappa shape index (κ2) is 8.99. The number of nitrogens with zero attached hydrogens (tertiary/aromatic N) is 3. The van der Waals surface area contributed by atoms with Gasteiger partial charge in [-0.25, -0.2) is 14.1 Å². The lowest BCUT2D eigenvalue weighted by molar-refractivity contribution is -0.143. The number of halogens is 4. The molecule has 1 aliphatic carbocycles. The summed E-state index contributed by atoms with van der Waals surface area (Å²) >= 11 is 0. The molecule has 0 saturated heterocycles. The largest absolute Gasteiger partial charge is 0.454 e. The number of pyridine rings is 1. The second-order valence-corrected chi connectivity index (χ2v) is 8.24. The van der Waals surface area contributed by atoms with E-state index in [0.29, 0.717) is 21.8 Å². The fourth-order valence-corrected chi connectivity index (χ4v) is 3.87. The second-order valence-electron chi connectivity index (χ2n) is 8.24. The molecule has 1 fully saturated rings. The van der Waals surface area contributed by atoms with Crippen LogP contribution in [-0.2, 0) is 6.18 Å². The van der Waals surface area contributed by atoms with E-state index >= 15 is 0 Å². The van der Waals surface area contributed by atoms with Gasteiger partial charge < -0.3 is 15.8 Å². The first-order valence-electron chi connectivity index (χ1n) is 11.0. The lowest BCUT2D eigenvalue weighted by atomic mass is 10.1. The molecule has 0 unspecified atom stereocenters. The SMILES string of the molecule is Nc1nccc(Oc2ccc(NC(=O)c3cnn(-c4ccccc4)c3C(F)(F)F)cc2F)c1C1CC1. The maximum Gasteiger partial charge on any atom is 0.434 e. The van der Waals surface area contributed by atoms with Gasteiger partial charge in [0, 0.05) is 23.5 Å². The minimum absolute atomic E-state index is 0.0536. The number of alkyl halides is 3. The first-order chi connectivity index (χ1) is 17.2. The number of ether oxygens (including phenoxy) is 1. The molecule has 0 bridgehead atoms. The Morgan fingerprint density at radius 3 is 2.50 bits per heavy atom. The summed E-state index contributed by atoms with van der Waals surface area (Å²) in [5.41, 5.74) is 4.81. The zero-order valence-corrected chi connectivity index (χ0v) is 18.6. The number of hydrogen-bond donors (Lipinski definition) is 2. The van der Waals surface area contributed by atoms with Gasteiger partial charge in [-0.3, -0.25) is 4.79 Å². The molecule has 1 saturated carbocycles. The molecule has 184 valence electrons. The zero-order chi connectivity index (χ0) is 25.4. The monoisotopic (exact) mass is 497 g/mol. The number of amides is 1. The van der Waals surface area contributed by atoms with Gasteiger partial charge in [0.05, 0.1) is 17.4 Å². The van der Waals surface area contributed by atoms with E-state index in [2.05, 4.69) is 15.4 Å².